The highest BCUT2D eigenvalue weighted by Gasteiger charge is 2.12. The van der Waals surface area contributed by atoms with E-state index in [-0.39, 0.29) is 6.54 Å². The van der Waals surface area contributed by atoms with Crippen molar-refractivity contribution in [3.63, 3.8) is 0 Å². The zero-order valence-corrected chi connectivity index (χ0v) is 8.88. The van der Waals surface area contributed by atoms with Gasteiger partial charge in [-0.1, -0.05) is 12.1 Å². The van der Waals surface area contributed by atoms with Crippen molar-refractivity contribution in [1.29, 1.82) is 0 Å². The number of hydrogen-bond acceptors (Lipinski definition) is 3. The summed E-state index contributed by atoms with van der Waals surface area (Å²) >= 11 is 0. The smallest absolute Gasteiger partial charge is 0.323 e. The molecule has 5 nitrogen and oxygen atoms in total. The van der Waals surface area contributed by atoms with Gasteiger partial charge < -0.3 is 14.4 Å². The zero-order valence-electron chi connectivity index (χ0n) is 8.88. The standard InChI is InChI=1S/C11H12N2O3/c1-16-7-10-12-8-4-2-3-5-9(8)13(10)6-11(14)15/h2-5H,6-7H2,1H3,(H,14,15). The third-order valence-corrected chi connectivity index (χ3v) is 2.30. The van der Waals surface area contributed by atoms with Gasteiger partial charge in [0.05, 0.1) is 11.0 Å². The van der Waals surface area contributed by atoms with Gasteiger partial charge in [0.2, 0.25) is 0 Å². The molecule has 1 N–H and O–H groups in total. The lowest BCUT2D eigenvalue weighted by atomic mass is 10.3. The highest BCUT2D eigenvalue weighted by molar-refractivity contribution is 5.78. The largest absolute Gasteiger partial charge is 0.480 e. The summed E-state index contributed by atoms with van der Waals surface area (Å²) in [6, 6.07) is 7.44. The van der Waals surface area contributed by atoms with Gasteiger partial charge in [-0.3, -0.25) is 4.79 Å². The Morgan fingerprint density at radius 1 is 1.50 bits per heavy atom. The molecule has 1 heterocycles. The van der Waals surface area contributed by atoms with Gasteiger partial charge >= 0.3 is 5.97 Å². The molecule has 16 heavy (non-hydrogen) atoms. The van der Waals surface area contributed by atoms with E-state index in [1.54, 1.807) is 11.7 Å². The Balaban J connectivity index is 2.54. The fourth-order valence-electron chi connectivity index (χ4n) is 1.68. The number of nitrogens with zero attached hydrogens (tertiary/aromatic N) is 2. The average Bonchev–Trinajstić information content (AvgIpc) is 2.57. The number of rotatable bonds is 4. The lowest BCUT2D eigenvalue weighted by molar-refractivity contribution is -0.137. The number of aliphatic carboxylic acids is 1. The van der Waals surface area contributed by atoms with Crippen molar-refractivity contribution in [3.8, 4) is 0 Å². The molecule has 0 radical (unpaired) electrons. The number of hydrogen-bond donors (Lipinski definition) is 1. The quantitative estimate of drug-likeness (QED) is 0.842. The van der Waals surface area contributed by atoms with E-state index in [0.29, 0.717) is 12.4 Å². The van der Waals surface area contributed by atoms with Crippen molar-refractivity contribution in [3.05, 3.63) is 30.1 Å². The van der Waals surface area contributed by atoms with E-state index in [0.717, 1.165) is 11.0 Å². The fourth-order valence-corrected chi connectivity index (χ4v) is 1.68. The van der Waals surface area contributed by atoms with Gasteiger partial charge in [-0.25, -0.2) is 4.98 Å². The normalized spacial score (nSPS) is 10.8. The molecule has 0 spiro atoms. The van der Waals surface area contributed by atoms with E-state index in [4.69, 9.17) is 9.84 Å². The molecule has 0 fully saturated rings. The summed E-state index contributed by atoms with van der Waals surface area (Å²) in [5.41, 5.74) is 1.60. The molecule has 0 atom stereocenters. The maximum Gasteiger partial charge on any atom is 0.323 e. The molecular formula is C11H12N2O3. The molecule has 0 amide bonds. The third-order valence-electron chi connectivity index (χ3n) is 2.30. The van der Waals surface area contributed by atoms with Gasteiger partial charge in [0.1, 0.15) is 19.0 Å². The van der Waals surface area contributed by atoms with Crippen molar-refractivity contribution in [2.24, 2.45) is 0 Å². The average molecular weight is 220 g/mol. The van der Waals surface area contributed by atoms with Gasteiger partial charge in [-0.2, -0.15) is 0 Å². The Bertz CT molecular complexity index is 519. The first kappa shape index (κ1) is 10.6. The van der Waals surface area contributed by atoms with E-state index < -0.39 is 5.97 Å². The third kappa shape index (κ3) is 1.90. The molecule has 0 unspecified atom stereocenters. The summed E-state index contributed by atoms with van der Waals surface area (Å²) in [6.45, 7) is 0.209. The minimum absolute atomic E-state index is 0.0980. The molecule has 0 aliphatic rings. The van der Waals surface area contributed by atoms with Crippen LogP contribution in [-0.2, 0) is 22.7 Å². The molecule has 1 aromatic carbocycles. The molecular weight excluding hydrogens is 208 g/mol. The van der Waals surface area contributed by atoms with Crippen molar-refractivity contribution < 1.29 is 14.6 Å². The SMILES string of the molecule is COCc1nc2ccccc2n1CC(=O)O. The predicted octanol–water partition coefficient (Wildman–Crippen LogP) is 1.27. The molecule has 0 aliphatic carbocycles. The summed E-state index contributed by atoms with van der Waals surface area (Å²) in [6.07, 6.45) is 0. The van der Waals surface area contributed by atoms with Gasteiger partial charge in [-0.15, -0.1) is 0 Å². The summed E-state index contributed by atoms with van der Waals surface area (Å²) in [5.74, 6) is -0.258. The van der Waals surface area contributed by atoms with Gasteiger partial charge in [-0.05, 0) is 12.1 Å². The highest BCUT2D eigenvalue weighted by atomic mass is 16.5. The summed E-state index contributed by atoms with van der Waals surface area (Å²) in [5, 5.41) is 8.85. The summed E-state index contributed by atoms with van der Waals surface area (Å²) in [4.78, 5) is 15.1. The molecule has 0 bridgehead atoms. The van der Waals surface area contributed by atoms with Crippen LogP contribution in [0.3, 0.4) is 0 Å². The highest BCUT2D eigenvalue weighted by Crippen LogP contribution is 2.16. The number of carboxylic acids is 1. The van der Waals surface area contributed by atoms with E-state index in [9.17, 15) is 4.79 Å². The molecule has 0 aliphatic heterocycles. The maximum absolute atomic E-state index is 10.8. The molecule has 0 saturated carbocycles. The van der Waals surface area contributed by atoms with Crippen molar-refractivity contribution >= 4 is 17.0 Å². The van der Waals surface area contributed by atoms with Crippen molar-refractivity contribution in [2.75, 3.05) is 7.11 Å². The Morgan fingerprint density at radius 3 is 2.94 bits per heavy atom. The van der Waals surface area contributed by atoms with Crippen LogP contribution >= 0.6 is 0 Å². The van der Waals surface area contributed by atoms with Gasteiger partial charge in [0.25, 0.3) is 0 Å². The van der Waals surface area contributed by atoms with E-state index in [2.05, 4.69) is 4.98 Å². The van der Waals surface area contributed by atoms with E-state index in [1.165, 1.54) is 0 Å². The minimum Gasteiger partial charge on any atom is -0.480 e. The van der Waals surface area contributed by atoms with Gasteiger partial charge in [0.15, 0.2) is 0 Å². The predicted molar refractivity (Wildman–Crippen MR) is 58.1 cm³/mol. The lowest BCUT2D eigenvalue weighted by Gasteiger charge is -2.04. The number of carbonyl (C=O) groups is 1. The van der Waals surface area contributed by atoms with Crippen LogP contribution in [0.5, 0.6) is 0 Å². The molecule has 5 heteroatoms. The number of imidazole rings is 1. The zero-order chi connectivity index (χ0) is 11.5. The van der Waals surface area contributed by atoms with Crippen LogP contribution in [-0.4, -0.2) is 27.7 Å². The Kier molecular flexibility index (Phi) is 2.87. The van der Waals surface area contributed by atoms with Crippen LogP contribution in [0, 0.1) is 0 Å². The number of ether oxygens (including phenoxy) is 1. The molecule has 1 aromatic heterocycles. The second-order valence-corrected chi connectivity index (χ2v) is 3.43. The minimum atomic E-state index is -0.888. The van der Waals surface area contributed by atoms with Crippen LogP contribution in [0.2, 0.25) is 0 Å². The topological polar surface area (TPSA) is 64.4 Å². The first-order valence-corrected chi connectivity index (χ1v) is 4.87. The van der Waals surface area contributed by atoms with Crippen LogP contribution in [0.1, 0.15) is 5.82 Å². The number of para-hydroxylation sites is 2. The van der Waals surface area contributed by atoms with E-state index in [1.807, 2.05) is 24.3 Å². The maximum atomic E-state index is 10.8. The number of methoxy groups -OCH3 is 1. The van der Waals surface area contributed by atoms with E-state index >= 15 is 0 Å². The second kappa shape index (κ2) is 4.32. The molecule has 2 rings (SSSR count). The number of benzene rings is 1. The molecule has 2 aromatic rings. The number of carboxylic acid groups (broad SMARTS) is 1. The first-order chi connectivity index (χ1) is 7.72. The van der Waals surface area contributed by atoms with Gasteiger partial charge in [0, 0.05) is 7.11 Å². The molecule has 0 saturated heterocycles. The molecule has 84 valence electrons. The second-order valence-electron chi connectivity index (χ2n) is 3.43. The van der Waals surface area contributed by atoms with Crippen molar-refractivity contribution in [1.82, 2.24) is 9.55 Å². The fraction of sp³-hybridized carbons (Fsp3) is 0.273. The lowest BCUT2D eigenvalue weighted by Crippen LogP contribution is -2.12. The summed E-state index contributed by atoms with van der Waals surface area (Å²) < 4.78 is 6.66. The Hall–Kier alpha value is -1.88. The first-order valence-electron chi connectivity index (χ1n) is 4.87. The van der Waals surface area contributed by atoms with Crippen molar-refractivity contribution in [2.45, 2.75) is 13.2 Å². The number of fused-ring (bicyclic) bond motifs is 1. The van der Waals surface area contributed by atoms with Crippen LogP contribution in [0.25, 0.3) is 11.0 Å². The summed E-state index contributed by atoms with van der Waals surface area (Å²) in [7, 11) is 1.56. The Labute approximate surface area is 92.3 Å². The monoisotopic (exact) mass is 220 g/mol. The number of aromatic nitrogens is 2. The van der Waals surface area contributed by atoms with Crippen LogP contribution < -0.4 is 0 Å². The Morgan fingerprint density at radius 2 is 2.25 bits per heavy atom. The van der Waals surface area contributed by atoms with Crippen LogP contribution in [0.4, 0.5) is 0 Å². The van der Waals surface area contributed by atoms with Crippen LogP contribution in [0.15, 0.2) is 24.3 Å².